The molecular weight excluding hydrogens is 444 g/mol. The van der Waals surface area contributed by atoms with Crippen molar-refractivity contribution < 1.29 is 60.2 Å². The van der Waals surface area contributed by atoms with Crippen LogP contribution in [0.2, 0.25) is 0 Å². The van der Waals surface area contributed by atoms with Gasteiger partial charge in [-0.15, -0.1) is 0 Å². The lowest BCUT2D eigenvalue weighted by Gasteiger charge is -2.35. The molecule has 24 nitrogen and oxygen atoms in total. The lowest BCUT2D eigenvalue weighted by atomic mass is 9.79. The van der Waals surface area contributed by atoms with Crippen molar-refractivity contribution in [1.82, 2.24) is 0 Å². The maximum Gasteiger partial charge on any atom is 0.686 e. The van der Waals surface area contributed by atoms with E-state index in [9.17, 15) is 86.2 Å². The van der Waals surface area contributed by atoms with Crippen LogP contribution in [0.5, 0.6) is 0 Å². The Balaban J connectivity index is 8.09. The molecule has 6 N–H and O–H groups in total. The molecule has 0 saturated heterocycles. The standard InChI is InChI=1S/C6H8N6O18/c13-1-2(14,7(19)20)3(15,8(21)22)4(16,9(23)24)5(17,10(25)26)6(18,11(27)28)12(29)30/h13-18H,1H2/t2-,3-,4+,5+/m1/s1. The predicted molar refractivity (Wildman–Crippen MR) is 73.8 cm³/mol. The molecule has 0 aliphatic heterocycles. The molecule has 0 radical (unpaired) electrons. The number of nitro groups is 6. The minimum Gasteiger partial charge on any atom is -0.386 e. The van der Waals surface area contributed by atoms with Crippen LogP contribution in [0, 0.1) is 60.7 Å². The molecular formula is C6H8N6O18. The van der Waals surface area contributed by atoms with Gasteiger partial charge in [-0.3, -0.25) is 65.8 Å². The Morgan fingerprint density at radius 2 is 0.800 bits per heavy atom. The fraction of sp³-hybridized carbons (Fsp3) is 1.00. The first-order valence-corrected chi connectivity index (χ1v) is 6.32. The van der Waals surface area contributed by atoms with Gasteiger partial charge in [-0.25, -0.2) is 0 Å². The third-order valence-corrected chi connectivity index (χ3v) is 3.82. The fourth-order valence-corrected chi connectivity index (χ4v) is 2.15. The van der Waals surface area contributed by atoms with E-state index < -0.39 is 64.9 Å². The van der Waals surface area contributed by atoms with Crippen molar-refractivity contribution >= 4 is 0 Å². The van der Waals surface area contributed by atoms with Gasteiger partial charge in [-0.2, -0.15) is 0 Å². The summed E-state index contributed by atoms with van der Waals surface area (Å²) in [5.74, 6) is -6.03. The van der Waals surface area contributed by atoms with Crippen LogP contribution < -0.4 is 0 Å². The van der Waals surface area contributed by atoms with Crippen molar-refractivity contribution in [2.24, 2.45) is 0 Å². The van der Waals surface area contributed by atoms with Crippen LogP contribution in [-0.4, -0.2) is 95.5 Å². The van der Waals surface area contributed by atoms with Crippen molar-refractivity contribution in [1.29, 1.82) is 0 Å². The summed E-state index contributed by atoms with van der Waals surface area (Å²) >= 11 is 0. The van der Waals surface area contributed by atoms with E-state index in [1.165, 1.54) is 0 Å². The maximum absolute atomic E-state index is 11.3. The van der Waals surface area contributed by atoms with Gasteiger partial charge in [0.2, 0.25) is 0 Å². The summed E-state index contributed by atoms with van der Waals surface area (Å²) in [5.41, 5.74) is -24.1. The highest BCUT2D eigenvalue weighted by molar-refractivity contribution is 5.05. The van der Waals surface area contributed by atoms with Crippen LogP contribution in [0.25, 0.3) is 0 Å². The molecule has 0 aromatic carbocycles. The third-order valence-electron chi connectivity index (χ3n) is 3.82. The molecule has 0 unspecified atom stereocenters. The van der Waals surface area contributed by atoms with Crippen molar-refractivity contribution in [3.63, 3.8) is 0 Å². The molecule has 4 atom stereocenters. The number of rotatable bonds is 11. The average Bonchev–Trinajstić information content (AvgIpc) is 2.62. The summed E-state index contributed by atoms with van der Waals surface area (Å²) < 4.78 is 0. The topological polar surface area (TPSA) is 380 Å². The first kappa shape index (κ1) is 26.2. The molecule has 0 heterocycles. The highest BCUT2D eigenvalue weighted by atomic mass is 16.8. The van der Waals surface area contributed by atoms with E-state index in [2.05, 4.69) is 0 Å². The van der Waals surface area contributed by atoms with E-state index in [0.717, 1.165) is 0 Å². The first-order chi connectivity index (χ1) is 13.2. The lowest BCUT2D eigenvalue weighted by Crippen LogP contribution is -2.90. The number of hydrogen-bond acceptors (Lipinski definition) is 18. The summed E-state index contributed by atoms with van der Waals surface area (Å²) in [6.07, 6.45) is 0. The van der Waals surface area contributed by atoms with Crippen LogP contribution in [0.1, 0.15) is 0 Å². The molecule has 0 aromatic rings. The Labute approximate surface area is 157 Å². The molecule has 0 bridgehead atoms. The van der Waals surface area contributed by atoms with Crippen molar-refractivity contribution in [2.45, 2.75) is 28.7 Å². The van der Waals surface area contributed by atoms with E-state index in [1.54, 1.807) is 0 Å². The number of aliphatic hydroxyl groups excluding tert-OH is 1. The Kier molecular flexibility index (Phi) is 6.28. The average molecular weight is 452 g/mol. The van der Waals surface area contributed by atoms with Crippen LogP contribution in [0.4, 0.5) is 0 Å². The van der Waals surface area contributed by atoms with Gasteiger partial charge in [0, 0.05) is 0 Å². The van der Waals surface area contributed by atoms with Crippen LogP contribution >= 0.6 is 0 Å². The van der Waals surface area contributed by atoms with Crippen molar-refractivity contribution in [3.8, 4) is 0 Å². The molecule has 0 aliphatic carbocycles. The minimum atomic E-state index is -6.38. The van der Waals surface area contributed by atoms with Gasteiger partial charge in [0.05, 0.1) is 19.7 Å². The fourth-order valence-electron chi connectivity index (χ4n) is 2.15. The van der Waals surface area contributed by atoms with Gasteiger partial charge in [0.15, 0.2) is 6.61 Å². The van der Waals surface area contributed by atoms with E-state index >= 15 is 0 Å². The molecule has 0 spiro atoms. The van der Waals surface area contributed by atoms with E-state index in [1.807, 2.05) is 0 Å². The van der Waals surface area contributed by atoms with Crippen LogP contribution in [0.3, 0.4) is 0 Å². The zero-order valence-corrected chi connectivity index (χ0v) is 13.5. The largest absolute Gasteiger partial charge is 0.686 e. The van der Waals surface area contributed by atoms with Crippen LogP contribution in [-0.2, 0) is 0 Å². The molecule has 24 heteroatoms. The summed E-state index contributed by atoms with van der Waals surface area (Å²) in [5, 5.41) is 124. The summed E-state index contributed by atoms with van der Waals surface area (Å²) in [6.45, 7) is -2.82. The second kappa shape index (κ2) is 7.20. The minimum absolute atomic E-state index is 2.57. The van der Waals surface area contributed by atoms with Gasteiger partial charge in [-0.05, 0) is 0 Å². The Morgan fingerprint density at radius 1 is 0.500 bits per heavy atom. The van der Waals surface area contributed by atoms with Crippen molar-refractivity contribution in [3.05, 3.63) is 60.7 Å². The van der Waals surface area contributed by atoms with Gasteiger partial charge in [-0.1, -0.05) is 0 Å². The molecule has 0 amide bonds. The molecule has 0 rings (SSSR count). The second-order valence-electron chi connectivity index (χ2n) is 5.17. The summed E-state index contributed by atoms with van der Waals surface area (Å²) in [4.78, 5) is 48.9. The number of hydrogen-bond donors (Lipinski definition) is 6. The summed E-state index contributed by atoms with van der Waals surface area (Å²) in [6, 6.07) is 0. The molecule has 30 heavy (non-hydrogen) atoms. The van der Waals surface area contributed by atoms with E-state index in [0.29, 0.717) is 0 Å². The molecule has 170 valence electrons. The van der Waals surface area contributed by atoms with Gasteiger partial charge >= 0.3 is 28.7 Å². The van der Waals surface area contributed by atoms with E-state index in [-0.39, 0.29) is 0 Å². The van der Waals surface area contributed by atoms with Crippen LogP contribution in [0.15, 0.2) is 0 Å². The van der Waals surface area contributed by atoms with Gasteiger partial charge in [0.25, 0.3) is 0 Å². The molecule has 0 fully saturated rings. The summed E-state index contributed by atoms with van der Waals surface area (Å²) in [7, 11) is 0. The quantitative estimate of drug-likeness (QED) is 0.0964. The first-order valence-electron chi connectivity index (χ1n) is 6.32. The normalized spacial score (nSPS) is 19.8. The number of aliphatic hydroxyl groups is 6. The number of nitrogens with zero attached hydrogens (tertiary/aromatic N) is 6. The highest BCUT2D eigenvalue weighted by Gasteiger charge is 3.08. The molecule has 0 aliphatic rings. The van der Waals surface area contributed by atoms with E-state index in [4.69, 9.17) is 5.11 Å². The second-order valence-corrected chi connectivity index (χ2v) is 5.17. The molecule has 0 aromatic heterocycles. The predicted octanol–water partition coefficient (Wildman–Crippen LogP) is -5.96. The monoisotopic (exact) mass is 452 g/mol. The van der Waals surface area contributed by atoms with Gasteiger partial charge < -0.3 is 25.5 Å². The SMILES string of the molecule is O=[N+]([O-])C(O)([N+](=O)[O-])[C@](O)([N+](=O)[O-])[C@](O)([N+](=O)[O-])[C@@](O)([N+](=O)[O-])[C@](O)(CO)[N+](=O)[O-]. The zero-order chi connectivity index (χ0) is 24.7. The lowest BCUT2D eigenvalue weighted by molar-refractivity contribution is -0.958. The third kappa shape index (κ3) is 2.56. The maximum atomic E-state index is 11.3. The Hall–Kier alpha value is -3.84. The van der Waals surface area contributed by atoms with Gasteiger partial charge in [0.1, 0.15) is 9.85 Å². The highest BCUT2D eigenvalue weighted by Crippen LogP contribution is 2.46. The Morgan fingerprint density at radius 3 is 0.967 bits per heavy atom. The smallest absolute Gasteiger partial charge is 0.386 e. The zero-order valence-electron chi connectivity index (χ0n) is 13.5. The van der Waals surface area contributed by atoms with Crippen molar-refractivity contribution in [2.75, 3.05) is 6.61 Å². The molecule has 0 saturated carbocycles. The Bertz CT molecular complexity index is 814.